The maximum atomic E-state index is 13.5. The van der Waals surface area contributed by atoms with E-state index in [2.05, 4.69) is 35.9 Å². The Hall–Kier alpha value is -4.79. The molecule has 0 saturated carbocycles. The fourth-order valence-corrected chi connectivity index (χ4v) is 4.05. The molecule has 5 aromatic rings. The molecule has 0 saturated heterocycles. The number of hydrogen-bond donors (Lipinski definition) is 3. The number of nitrogens with one attached hydrogen (secondary N) is 2. The van der Waals surface area contributed by atoms with E-state index in [1.54, 1.807) is 19.1 Å². The van der Waals surface area contributed by atoms with E-state index in [1.807, 2.05) is 0 Å². The number of benzene rings is 1. The van der Waals surface area contributed by atoms with E-state index in [4.69, 9.17) is 17.3 Å². The minimum absolute atomic E-state index is 0.0234. The first-order valence-electron chi connectivity index (χ1n) is 10.8. The summed E-state index contributed by atoms with van der Waals surface area (Å²) in [5.74, 6) is -1.42. The maximum absolute atomic E-state index is 13.5. The number of halogens is 4. The second-order valence-corrected chi connectivity index (χ2v) is 8.54. The highest BCUT2D eigenvalue weighted by atomic mass is 35.5. The van der Waals surface area contributed by atoms with E-state index < -0.39 is 23.7 Å². The van der Waals surface area contributed by atoms with Crippen LogP contribution in [0.5, 0.6) is 0 Å². The summed E-state index contributed by atoms with van der Waals surface area (Å²) < 4.78 is 40.9. The number of primary amides is 1. The number of carbonyl (C=O) groups excluding carboxylic acids is 2. The van der Waals surface area contributed by atoms with Crippen LogP contribution in [0.3, 0.4) is 0 Å². The predicted octanol–water partition coefficient (Wildman–Crippen LogP) is 3.12. The maximum Gasteiger partial charge on any atom is 0.436 e. The van der Waals surface area contributed by atoms with Crippen molar-refractivity contribution in [3.05, 3.63) is 76.1 Å². The number of H-pyrrole nitrogens is 1. The third-order valence-corrected chi connectivity index (χ3v) is 5.80. The van der Waals surface area contributed by atoms with Gasteiger partial charge in [-0.25, -0.2) is 14.3 Å². The molecule has 0 radical (unpaired) electrons. The Morgan fingerprint density at radius 1 is 1.26 bits per heavy atom. The largest absolute Gasteiger partial charge is 0.436 e. The van der Waals surface area contributed by atoms with Crippen molar-refractivity contribution in [1.29, 1.82) is 0 Å². The molecule has 0 aliphatic rings. The van der Waals surface area contributed by atoms with E-state index in [9.17, 15) is 22.8 Å². The van der Waals surface area contributed by atoms with Crippen LogP contribution in [0.15, 0.2) is 42.9 Å². The summed E-state index contributed by atoms with van der Waals surface area (Å²) in [7, 11) is 0. The molecule has 0 aliphatic heterocycles. The molecule has 12 nitrogen and oxygen atoms in total. The van der Waals surface area contributed by atoms with E-state index in [1.165, 1.54) is 24.5 Å². The average molecular weight is 545 g/mol. The van der Waals surface area contributed by atoms with E-state index >= 15 is 0 Å². The average Bonchev–Trinajstić information content (AvgIpc) is 3.59. The van der Waals surface area contributed by atoms with Gasteiger partial charge in [-0.05, 0) is 36.8 Å². The quantitative estimate of drug-likeness (QED) is 0.296. The number of aryl methyl sites for hydroxylation is 1. The number of aromatic nitrogens is 8. The Labute approximate surface area is 215 Å². The number of alkyl halides is 3. The fraction of sp³-hybridized carbons (Fsp3) is 0.136. The predicted molar refractivity (Wildman–Crippen MR) is 128 cm³/mol. The van der Waals surface area contributed by atoms with Gasteiger partial charge in [0.15, 0.2) is 11.5 Å². The lowest BCUT2D eigenvalue weighted by Gasteiger charge is -2.14. The third kappa shape index (κ3) is 4.54. The van der Waals surface area contributed by atoms with E-state index in [0.717, 1.165) is 9.36 Å². The van der Waals surface area contributed by atoms with Gasteiger partial charge in [0.05, 0.1) is 46.4 Å². The second kappa shape index (κ2) is 9.26. The van der Waals surface area contributed by atoms with Gasteiger partial charge in [-0.3, -0.25) is 14.7 Å². The molecule has 0 atom stereocenters. The summed E-state index contributed by atoms with van der Waals surface area (Å²) in [5.41, 5.74) is 5.56. The van der Waals surface area contributed by atoms with Gasteiger partial charge in [0.1, 0.15) is 5.69 Å². The van der Waals surface area contributed by atoms with Gasteiger partial charge in [-0.2, -0.15) is 23.4 Å². The lowest BCUT2D eigenvalue weighted by molar-refractivity contribution is -0.141. The molecular weight excluding hydrogens is 529 g/mol. The molecule has 194 valence electrons. The van der Waals surface area contributed by atoms with Crippen LogP contribution in [0, 0.1) is 6.92 Å². The topological polar surface area (TPSA) is 162 Å². The Bertz CT molecular complexity index is 1710. The van der Waals surface area contributed by atoms with E-state index in [0.29, 0.717) is 22.7 Å². The van der Waals surface area contributed by atoms with Crippen molar-refractivity contribution in [2.75, 3.05) is 5.32 Å². The van der Waals surface area contributed by atoms with Crippen LogP contribution in [-0.4, -0.2) is 51.8 Å². The molecular formula is C22H16ClF3N10O2. The van der Waals surface area contributed by atoms with Crippen LogP contribution in [0.2, 0.25) is 5.02 Å². The lowest BCUT2D eigenvalue weighted by atomic mass is 10.0. The minimum Gasteiger partial charge on any atom is -0.365 e. The number of hydrogen-bond acceptors (Lipinski definition) is 7. The summed E-state index contributed by atoms with van der Waals surface area (Å²) in [6, 6.07) is 6.15. The first kappa shape index (κ1) is 24.9. The Morgan fingerprint density at radius 2 is 2.05 bits per heavy atom. The zero-order valence-corrected chi connectivity index (χ0v) is 20.0. The molecule has 5 rings (SSSR count). The second-order valence-electron chi connectivity index (χ2n) is 8.14. The summed E-state index contributed by atoms with van der Waals surface area (Å²) in [4.78, 5) is 30.0. The Balaban J connectivity index is 1.56. The number of rotatable bonds is 6. The zero-order chi connectivity index (χ0) is 27.2. The van der Waals surface area contributed by atoms with Gasteiger partial charge in [0.25, 0.3) is 11.8 Å². The highest BCUT2D eigenvalue weighted by Crippen LogP contribution is 2.30. The molecule has 4 heterocycles. The van der Waals surface area contributed by atoms with Crippen LogP contribution in [0.25, 0.3) is 16.7 Å². The SMILES string of the molecule is Cc1cc2cn[nH]c2c(C(N)=O)c1NC(=O)c1cc(Cn2cc(C(F)(F)F)nn2)nn1-c1ncccc1Cl. The Kier molecular flexibility index (Phi) is 6.06. The smallest absolute Gasteiger partial charge is 0.365 e. The highest BCUT2D eigenvalue weighted by Gasteiger charge is 2.34. The highest BCUT2D eigenvalue weighted by molar-refractivity contribution is 6.32. The molecule has 0 spiro atoms. The molecule has 1 aromatic carbocycles. The number of aromatic amines is 1. The van der Waals surface area contributed by atoms with Crippen molar-refractivity contribution in [3.8, 4) is 5.82 Å². The summed E-state index contributed by atoms with van der Waals surface area (Å²) in [5, 5.41) is 21.0. The van der Waals surface area contributed by atoms with Crippen LogP contribution in [-0.2, 0) is 12.7 Å². The number of fused-ring (bicyclic) bond motifs is 1. The third-order valence-electron chi connectivity index (χ3n) is 5.51. The number of anilines is 1. The van der Waals surface area contributed by atoms with Gasteiger partial charge in [-0.15, -0.1) is 5.10 Å². The zero-order valence-electron chi connectivity index (χ0n) is 19.3. The molecule has 4 aromatic heterocycles. The van der Waals surface area contributed by atoms with Crippen molar-refractivity contribution < 1.29 is 22.8 Å². The number of nitrogens with zero attached hydrogens (tertiary/aromatic N) is 7. The summed E-state index contributed by atoms with van der Waals surface area (Å²) in [6.45, 7) is 1.43. The standard InChI is InChI=1S/C22H16ClF3N10O2/c1-10-5-11-7-29-32-18(11)16(19(27)37)17(10)30-21(38)14-6-12(8-35-9-15(31-34-35)22(24,25)26)33-36(14)20-13(23)3-2-4-28-20/h2-7,9H,8H2,1H3,(H2,27,37)(H,29,32)(H,30,38). The van der Waals surface area contributed by atoms with E-state index in [-0.39, 0.29) is 40.0 Å². The van der Waals surface area contributed by atoms with Crippen molar-refractivity contribution in [1.82, 2.24) is 40.0 Å². The number of carbonyl (C=O) groups is 2. The molecule has 2 amide bonds. The first-order valence-corrected chi connectivity index (χ1v) is 11.2. The van der Waals surface area contributed by atoms with Crippen LogP contribution in [0.1, 0.15) is 37.8 Å². The molecule has 0 unspecified atom stereocenters. The molecule has 38 heavy (non-hydrogen) atoms. The van der Waals surface area contributed by atoms with Crippen molar-refractivity contribution in [3.63, 3.8) is 0 Å². The normalized spacial score (nSPS) is 11.7. The van der Waals surface area contributed by atoms with Crippen LogP contribution in [0.4, 0.5) is 18.9 Å². The molecule has 0 bridgehead atoms. The Morgan fingerprint density at radius 3 is 2.74 bits per heavy atom. The van der Waals surface area contributed by atoms with Gasteiger partial charge < -0.3 is 11.1 Å². The van der Waals surface area contributed by atoms with Crippen molar-refractivity contribution >= 4 is 40.0 Å². The molecule has 4 N–H and O–H groups in total. The van der Waals surface area contributed by atoms with Gasteiger partial charge in [0, 0.05) is 11.6 Å². The first-order chi connectivity index (χ1) is 18.0. The monoisotopic (exact) mass is 544 g/mol. The van der Waals surface area contributed by atoms with Crippen LogP contribution >= 0.6 is 11.6 Å². The molecule has 0 fully saturated rings. The van der Waals surface area contributed by atoms with Gasteiger partial charge in [0.2, 0.25) is 0 Å². The minimum atomic E-state index is -4.67. The van der Waals surface area contributed by atoms with Gasteiger partial charge in [-0.1, -0.05) is 16.8 Å². The number of nitrogens with two attached hydrogens (primary N) is 1. The van der Waals surface area contributed by atoms with Crippen molar-refractivity contribution in [2.45, 2.75) is 19.6 Å². The number of pyridine rings is 1. The lowest BCUT2D eigenvalue weighted by Crippen LogP contribution is -2.22. The fourth-order valence-electron chi connectivity index (χ4n) is 3.85. The summed E-state index contributed by atoms with van der Waals surface area (Å²) in [6.07, 6.45) is -1.01. The molecule has 0 aliphatic carbocycles. The molecule has 16 heteroatoms. The summed E-state index contributed by atoms with van der Waals surface area (Å²) >= 11 is 6.28. The van der Waals surface area contributed by atoms with Crippen molar-refractivity contribution in [2.24, 2.45) is 5.73 Å². The van der Waals surface area contributed by atoms with Crippen LogP contribution < -0.4 is 11.1 Å². The number of amides is 2. The van der Waals surface area contributed by atoms with Gasteiger partial charge >= 0.3 is 6.18 Å².